The first-order chi connectivity index (χ1) is 11.7. The number of hydrogen-bond donors (Lipinski definition) is 0. The van der Waals surface area contributed by atoms with Gasteiger partial charge in [0.15, 0.2) is 0 Å². The number of pyridine rings is 1. The third-order valence-electron chi connectivity index (χ3n) is 4.60. The van der Waals surface area contributed by atoms with E-state index in [0.717, 1.165) is 16.8 Å². The molecule has 4 aromatic rings. The molecule has 1 aromatic heterocycles. The molecule has 0 saturated heterocycles. The van der Waals surface area contributed by atoms with Crippen LogP contribution in [0.5, 0.6) is 5.75 Å². The predicted octanol–water partition coefficient (Wildman–Crippen LogP) is 5.84. The molecule has 0 spiro atoms. The van der Waals surface area contributed by atoms with Crippen LogP contribution in [0.4, 0.5) is 0 Å². The number of methoxy groups -OCH3 is 1. The Morgan fingerprint density at radius 3 is 2.71 bits per heavy atom. The Labute approximate surface area is 144 Å². The lowest BCUT2D eigenvalue weighted by atomic mass is 9.98. The summed E-state index contributed by atoms with van der Waals surface area (Å²) in [5.74, 6) is 0.888. The average molecular weight is 329 g/mol. The Kier molecular flexibility index (Phi) is 2.88. The highest BCUT2D eigenvalue weighted by Gasteiger charge is 2.22. The molecule has 0 saturated carbocycles. The molecule has 116 valence electrons. The molecular formula is C21H15NOS. The first-order valence-electron chi connectivity index (χ1n) is 7.94. The van der Waals surface area contributed by atoms with Gasteiger partial charge in [-0.05, 0) is 53.9 Å². The first kappa shape index (κ1) is 13.9. The molecule has 3 aromatic carbocycles. The normalized spacial score (nSPS) is 12.4. The van der Waals surface area contributed by atoms with E-state index in [1.807, 2.05) is 17.8 Å². The van der Waals surface area contributed by atoms with Crippen LogP contribution in [0.15, 0.2) is 64.4 Å². The smallest absolute Gasteiger partial charge is 0.119 e. The van der Waals surface area contributed by atoms with Gasteiger partial charge in [-0.15, -0.1) is 0 Å². The fraction of sp³-hybridized carbons (Fsp3) is 0.0952. The van der Waals surface area contributed by atoms with E-state index in [1.165, 1.54) is 37.3 Å². The standard InChI is InChI=1S/C21H15NOS/c1-12-6-8-15-18(10-12)22-17-5-3-4-14-16-11-13(23-2)7-9-19(16)24-21(15)20(14)17/h3-11H,1-2H3. The molecule has 1 aliphatic heterocycles. The number of fused-ring (bicyclic) bond motifs is 4. The lowest BCUT2D eigenvalue weighted by Crippen LogP contribution is -1.97. The van der Waals surface area contributed by atoms with Crippen LogP contribution in [0, 0.1) is 6.92 Å². The van der Waals surface area contributed by atoms with Gasteiger partial charge in [0, 0.05) is 20.6 Å². The van der Waals surface area contributed by atoms with Gasteiger partial charge < -0.3 is 4.74 Å². The third-order valence-corrected chi connectivity index (χ3v) is 5.80. The Morgan fingerprint density at radius 1 is 0.917 bits per heavy atom. The molecule has 0 unspecified atom stereocenters. The molecule has 24 heavy (non-hydrogen) atoms. The highest BCUT2D eigenvalue weighted by atomic mass is 32.2. The van der Waals surface area contributed by atoms with Gasteiger partial charge in [0.1, 0.15) is 5.75 Å². The van der Waals surface area contributed by atoms with Gasteiger partial charge in [0.25, 0.3) is 0 Å². The number of hydrogen-bond acceptors (Lipinski definition) is 3. The van der Waals surface area contributed by atoms with E-state index in [4.69, 9.17) is 9.72 Å². The topological polar surface area (TPSA) is 22.1 Å². The maximum absolute atomic E-state index is 5.42. The molecule has 0 N–H and O–H groups in total. The van der Waals surface area contributed by atoms with Crippen molar-refractivity contribution < 1.29 is 4.74 Å². The summed E-state index contributed by atoms with van der Waals surface area (Å²) in [5.41, 5.74) is 5.83. The predicted molar refractivity (Wildman–Crippen MR) is 100 cm³/mol. The van der Waals surface area contributed by atoms with Crippen molar-refractivity contribution in [2.45, 2.75) is 16.7 Å². The number of ether oxygens (including phenoxy) is 1. The second kappa shape index (κ2) is 4.99. The van der Waals surface area contributed by atoms with Crippen LogP contribution in [-0.2, 0) is 0 Å². The summed E-state index contributed by atoms with van der Waals surface area (Å²) in [4.78, 5) is 7.49. The second-order valence-corrected chi connectivity index (χ2v) is 7.18. The van der Waals surface area contributed by atoms with Gasteiger partial charge in [-0.25, -0.2) is 4.98 Å². The maximum atomic E-state index is 5.42. The molecule has 2 heterocycles. The van der Waals surface area contributed by atoms with Crippen LogP contribution in [0.3, 0.4) is 0 Å². The van der Waals surface area contributed by atoms with Gasteiger partial charge in [-0.1, -0.05) is 36.0 Å². The van der Waals surface area contributed by atoms with Crippen molar-refractivity contribution in [3.8, 4) is 16.9 Å². The lowest BCUT2D eigenvalue weighted by molar-refractivity contribution is 0.414. The van der Waals surface area contributed by atoms with Crippen LogP contribution in [0.1, 0.15) is 5.56 Å². The molecule has 0 amide bonds. The average Bonchev–Trinajstić information content (AvgIpc) is 2.61. The van der Waals surface area contributed by atoms with E-state index in [0.29, 0.717) is 0 Å². The van der Waals surface area contributed by atoms with E-state index in [9.17, 15) is 0 Å². The Balaban J connectivity index is 1.94. The lowest BCUT2D eigenvalue weighted by Gasteiger charge is -2.22. The van der Waals surface area contributed by atoms with Crippen molar-refractivity contribution in [1.82, 2.24) is 4.98 Å². The van der Waals surface area contributed by atoms with E-state index < -0.39 is 0 Å². The molecule has 3 heteroatoms. The number of benzene rings is 3. The molecule has 0 atom stereocenters. The van der Waals surface area contributed by atoms with E-state index in [-0.39, 0.29) is 0 Å². The van der Waals surface area contributed by atoms with E-state index >= 15 is 0 Å². The molecule has 0 radical (unpaired) electrons. The Morgan fingerprint density at radius 2 is 1.83 bits per heavy atom. The van der Waals surface area contributed by atoms with Crippen molar-refractivity contribution in [3.63, 3.8) is 0 Å². The van der Waals surface area contributed by atoms with Gasteiger partial charge in [-0.3, -0.25) is 0 Å². The third kappa shape index (κ3) is 1.88. The minimum Gasteiger partial charge on any atom is -0.497 e. The van der Waals surface area contributed by atoms with Crippen LogP contribution >= 0.6 is 11.8 Å². The molecule has 5 rings (SSSR count). The van der Waals surface area contributed by atoms with Crippen LogP contribution < -0.4 is 4.74 Å². The van der Waals surface area contributed by atoms with Crippen molar-refractivity contribution in [1.29, 1.82) is 0 Å². The SMILES string of the molecule is COc1ccc2c(c1)-c1cccc3nc4cc(C)ccc4c(c13)S2. The van der Waals surface area contributed by atoms with Crippen LogP contribution in [0.2, 0.25) is 0 Å². The Bertz CT molecular complexity index is 1130. The van der Waals surface area contributed by atoms with E-state index in [1.54, 1.807) is 7.11 Å². The van der Waals surface area contributed by atoms with Gasteiger partial charge in [0.05, 0.1) is 18.1 Å². The van der Waals surface area contributed by atoms with Gasteiger partial charge >= 0.3 is 0 Å². The summed E-state index contributed by atoms with van der Waals surface area (Å²) in [6.07, 6.45) is 0. The first-order valence-corrected chi connectivity index (χ1v) is 8.75. The van der Waals surface area contributed by atoms with Gasteiger partial charge in [0.2, 0.25) is 0 Å². The number of aryl methyl sites for hydroxylation is 1. The van der Waals surface area contributed by atoms with Crippen LogP contribution in [0.25, 0.3) is 32.9 Å². The zero-order valence-corrected chi connectivity index (χ0v) is 14.3. The summed E-state index contributed by atoms with van der Waals surface area (Å²) in [6.45, 7) is 2.11. The highest BCUT2D eigenvalue weighted by Crippen LogP contribution is 2.50. The summed E-state index contributed by atoms with van der Waals surface area (Å²) in [7, 11) is 1.71. The van der Waals surface area contributed by atoms with Crippen molar-refractivity contribution in [2.24, 2.45) is 0 Å². The zero-order valence-electron chi connectivity index (χ0n) is 13.5. The van der Waals surface area contributed by atoms with Crippen LogP contribution in [-0.4, -0.2) is 12.1 Å². The zero-order chi connectivity index (χ0) is 16.3. The van der Waals surface area contributed by atoms with Crippen molar-refractivity contribution in [2.75, 3.05) is 7.11 Å². The molecule has 2 nitrogen and oxygen atoms in total. The molecule has 0 aliphatic carbocycles. The fourth-order valence-electron chi connectivity index (χ4n) is 3.44. The Hall–Kier alpha value is -2.52. The minimum atomic E-state index is 0.888. The van der Waals surface area contributed by atoms with E-state index in [2.05, 4.69) is 55.5 Å². The van der Waals surface area contributed by atoms with Crippen molar-refractivity contribution in [3.05, 3.63) is 60.2 Å². The number of rotatable bonds is 1. The number of nitrogens with zero attached hydrogens (tertiary/aromatic N) is 1. The largest absolute Gasteiger partial charge is 0.497 e. The summed E-state index contributed by atoms with van der Waals surface area (Å²) in [6, 6.07) is 19.2. The minimum absolute atomic E-state index is 0.888. The molecule has 1 aliphatic rings. The monoisotopic (exact) mass is 329 g/mol. The van der Waals surface area contributed by atoms with Crippen molar-refractivity contribution >= 4 is 33.6 Å². The summed E-state index contributed by atoms with van der Waals surface area (Å²) >= 11 is 1.83. The molecule has 0 bridgehead atoms. The van der Waals surface area contributed by atoms with Gasteiger partial charge in [-0.2, -0.15) is 0 Å². The molecule has 0 fully saturated rings. The summed E-state index contributed by atoms with van der Waals surface area (Å²) in [5, 5.41) is 2.48. The summed E-state index contributed by atoms with van der Waals surface area (Å²) < 4.78 is 5.42. The maximum Gasteiger partial charge on any atom is 0.119 e. The number of aromatic nitrogens is 1. The second-order valence-electron chi connectivity index (χ2n) is 6.13. The fourth-order valence-corrected chi connectivity index (χ4v) is 4.67. The molecular weight excluding hydrogens is 314 g/mol. The highest BCUT2D eigenvalue weighted by molar-refractivity contribution is 8.00. The quantitative estimate of drug-likeness (QED) is 0.361.